The van der Waals surface area contributed by atoms with Gasteiger partial charge in [0, 0.05) is 19.8 Å². The zero-order chi connectivity index (χ0) is 13.8. The van der Waals surface area contributed by atoms with Crippen LogP contribution in [0.15, 0.2) is 10.7 Å². The summed E-state index contributed by atoms with van der Waals surface area (Å²) in [4.78, 5) is 2.11. The molecule has 1 aliphatic rings. The quantitative estimate of drug-likeness (QED) is 0.861. The molecule has 1 fully saturated rings. The smallest absolute Gasteiger partial charge is 0.0971 e. The van der Waals surface area contributed by atoms with Crippen LogP contribution in [-0.2, 0) is 11.3 Å². The Balaban J connectivity index is 2.02. The Morgan fingerprint density at radius 2 is 2.42 bits per heavy atom. The molecule has 2 heterocycles. The maximum Gasteiger partial charge on any atom is 0.0971 e. The van der Waals surface area contributed by atoms with E-state index in [2.05, 4.69) is 25.9 Å². The molecule has 0 aliphatic carbocycles. The molecule has 0 aromatic carbocycles. The topological polar surface area (TPSA) is 50.5 Å². The van der Waals surface area contributed by atoms with E-state index in [0.29, 0.717) is 5.92 Å². The molecule has 1 aliphatic heterocycles. The van der Waals surface area contributed by atoms with Crippen LogP contribution in [-0.4, -0.2) is 53.6 Å². The molecule has 2 rings (SSSR count). The number of halogens is 1. The summed E-state index contributed by atoms with van der Waals surface area (Å²) in [6.07, 6.45) is 3.07. The highest BCUT2D eigenvalue weighted by atomic mass is 79.9. The summed E-state index contributed by atoms with van der Waals surface area (Å²) in [7, 11) is 4.06. The molecule has 0 radical (unpaired) electrons. The van der Waals surface area contributed by atoms with Gasteiger partial charge in [0.15, 0.2) is 0 Å². The van der Waals surface area contributed by atoms with Crippen LogP contribution in [0.1, 0.15) is 24.6 Å². The third kappa shape index (κ3) is 4.02. The van der Waals surface area contributed by atoms with Crippen molar-refractivity contribution in [1.82, 2.24) is 14.7 Å². The Kier molecular flexibility index (Phi) is 5.38. The van der Waals surface area contributed by atoms with Gasteiger partial charge in [-0.3, -0.25) is 4.68 Å². The van der Waals surface area contributed by atoms with E-state index in [1.165, 1.54) is 0 Å². The lowest BCUT2D eigenvalue weighted by atomic mass is 9.99. The molecule has 2 atom stereocenters. The lowest BCUT2D eigenvalue weighted by molar-refractivity contribution is 0.121. The van der Waals surface area contributed by atoms with Gasteiger partial charge in [-0.25, -0.2) is 0 Å². The van der Waals surface area contributed by atoms with Crippen molar-refractivity contribution in [1.29, 1.82) is 0 Å². The van der Waals surface area contributed by atoms with E-state index in [1.54, 1.807) is 6.20 Å². The Hall–Kier alpha value is -0.430. The summed E-state index contributed by atoms with van der Waals surface area (Å²) in [5.74, 6) is 0.457. The van der Waals surface area contributed by atoms with Gasteiger partial charge >= 0.3 is 0 Å². The first-order chi connectivity index (χ1) is 9.08. The van der Waals surface area contributed by atoms with Crippen LogP contribution < -0.4 is 0 Å². The van der Waals surface area contributed by atoms with Crippen molar-refractivity contribution in [2.75, 3.05) is 33.9 Å². The summed E-state index contributed by atoms with van der Waals surface area (Å²) in [5.41, 5.74) is 0.883. The summed E-state index contributed by atoms with van der Waals surface area (Å²) in [6, 6.07) is 0. The number of nitrogens with zero attached hydrogens (tertiary/aromatic N) is 3. The molecular weight excluding hydrogens is 310 g/mol. The van der Waals surface area contributed by atoms with Crippen LogP contribution in [0.4, 0.5) is 0 Å². The van der Waals surface area contributed by atoms with E-state index in [0.717, 1.165) is 49.3 Å². The second-order valence-corrected chi connectivity index (χ2v) is 6.24. The van der Waals surface area contributed by atoms with Gasteiger partial charge in [-0.15, -0.1) is 0 Å². The zero-order valence-electron chi connectivity index (χ0n) is 11.5. The molecule has 1 N–H and O–H groups in total. The number of ether oxygens (including phenoxy) is 1. The number of rotatable bonds is 6. The number of hydrogen-bond donors (Lipinski definition) is 1. The molecule has 0 saturated carbocycles. The number of aromatic nitrogens is 2. The normalized spacial score (nSPS) is 21.2. The Bertz CT molecular complexity index is 403. The Morgan fingerprint density at radius 3 is 3.05 bits per heavy atom. The van der Waals surface area contributed by atoms with Crippen LogP contribution in [0, 0.1) is 5.92 Å². The van der Waals surface area contributed by atoms with Crippen LogP contribution in [0.3, 0.4) is 0 Å². The largest absolute Gasteiger partial charge is 0.387 e. The highest BCUT2D eigenvalue weighted by Crippen LogP contribution is 2.30. The number of hydrogen-bond acceptors (Lipinski definition) is 4. The highest BCUT2D eigenvalue weighted by Gasteiger charge is 2.24. The first-order valence-electron chi connectivity index (χ1n) is 6.69. The molecule has 2 unspecified atom stereocenters. The molecule has 108 valence electrons. The van der Waals surface area contributed by atoms with E-state index >= 15 is 0 Å². The van der Waals surface area contributed by atoms with Crippen molar-refractivity contribution in [3.05, 3.63) is 16.4 Å². The lowest BCUT2D eigenvalue weighted by Crippen LogP contribution is -2.21. The molecule has 1 aromatic rings. The molecule has 0 amide bonds. The Morgan fingerprint density at radius 1 is 1.63 bits per heavy atom. The minimum Gasteiger partial charge on any atom is -0.387 e. The highest BCUT2D eigenvalue weighted by molar-refractivity contribution is 9.10. The number of aliphatic hydroxyl groups excluding tert-OH is 1. The zero-order valence-corrected chi connectivity index (χ0v) is 13.1. The third-order valence-corrected chi connectivity index (χ3v) is 4.10. The van der Waals surface area contributed by atoms with Gasteiger partial charge in [0.05, 0.1) is 29.0 Å². The van der Waals surface area contributed by atoms with Gasteiger partial charge in [0.1, 0.15) is 0 Å². The minimum absolute atomic E-state index is 0.457. The summed E-state index contributed by atoms with van der Waals surface area (Å²) in [5, 5.41) is 14.8. The fourth-order valence-electron chi connectivity index (χ4n) is 2.37. The molecule has 6 heteroatoms. The summed E-state index contributed by atoms with van der Waals surface area (Å²) in [6.45, 7) is 3.27. The number of aliphatic hydroxyl groups is 1. The van der Waals surface area contributed by atoms with Gasteiger partial charge < -0.3 is 14.7 Å². The van der Waals surface area contributed by atoms with Crippen molar-refractivity contribution >= 4 is 15.9 Å². The van der Waals surface area contributed by atoms with Crippen molar-refractivity contribution < 1.29 is 9.84 Å². The maximum atomic E-state index is 10.4. The van der Waals surface area contributed by atoms with E-state index in [-0.39, 0.29) is 0 Å². The number of likely N-dealkylation sites (N-methyl/N-ethyl adjacent to an activating group) is 1. The molecule has 5 nitrogen and oxygen atoms in total. The van der Waals surface area contributed by atoms with E-state index < -0.39 is 6.10 Å². The van der Waals surface area contributed by atoms with Crippen LogP contribution in [0.2, 0.25) is 0 Å². The van der Waals surface area contributed by atoms with Crippen molar-refractivity contribution in [2.24, 2.45) is 5.92 Å². The Labute approximate surface area is 122 Å². The molecule has 19 heavy (non-hydrogen) atoms. The minimum atomic E-state index is -0.481. The maximum absolute atomic E-state index is 10.4. The average Bonchev–Trinajstić information content (AvgIpc) is 2.96. The van der Waals surface area contributed by atoms with Gasteiger partial charge in [-0.2, -0.15) is 5.10 Å². The SMILES string of the molecule is CN(C)CCn1ncc(Br)c1C(O)CC1CCOC1. The molecular formula is C13H22BrN3O2. The first-order valence-corrected chi connectivity index (χ1v) is 7.49. The van der Waals surface area contributed by atoms with Crippen LogP contribution >= 0.6 is 15.9 Å². The summed E-state index contributed by atoms with van der Waals surface area (Å²) >= 11 is 3.49. The molecule has 0 spiro atoms. The second kappa shape index (κ2) is 6.83. The van der Waals surface area contributed by atoms with E-state index in [9.17, 15) is 5.11 Å². The van der Waals surface area contributed by atoms with Crippen molar-refractivity contribution in [3.8, 4) is 0 Å². The standard InChI is InChI=1S/C13H22BrN3O2/c1-16(2)4-5-17-13(11(14)8-15-17)12(18)7-10-3-6-19-9-10/h8,10,12,18H,3-7,9H2,1-2H3. The molecule has 1 aromatic heterocycles. The van der Waals surface area contributed by atoms with Gasteiger partial charge in [0.25, 0.3) is 0 Å². The molecule has 1 saturated heterocycles. The van der Waals surface area contributed by atoms with E-state index in [1.807, 2.05) is 18.8 Å². The van der Waals surface area contributed by atoms with Gasteiger partial charge in [-0.1, -0.05) is 0 Å². The van der Waals surface area contributed by atoms with Crippen molar-refractivity contribution in [3.63, 3.8) is 0 Å². The first kappa shape index (κ1) is 15.0. The third-order valence-electron chi connectivity index (χ3n) is 3.49. The average molecular weight is 332 g/mol. The van der Waals surface area contributed by atoms with Gasteiger partial charge in [-0.05, 0) is 48.8 Å². The molecule has 0 bridgehead atoms. The predicted octanol–water partition coefficient (Wildman–Crippen LogP) is 1.67. The van der Waals surface area contributed by atoms with Crippen molar-refractivity contribution in [2.45, 2.75) is 25.5 Å². The second-order valence-electron chi connectivity index (χ2n) is 5.39. The van der Waals surface area contributed by atoms with Crippen LogP contribution in [0.5, 0.6) is 0 Å². The lowest BCUT2D eigenvalue weighted by Gasteiger charge is -2.18. The predicted molar refractivity (Wildman–Crippen MR) is 77.0 cm³/mol. The fraction of sp³-hybridized carbons (Fsp3) is 0.769. The van der Waals surface area contributed by atoms with E-state index in [4.69, 9.17) is 4.74 Å². The van der Waals surface area contributed by atoms with Crippen LogP contribution in [0.25, 0.3) is 0 Å². The van der Waals surface area contributed by atoms with Gasteiger partial charge in [0.2, 0.25) is 0 Å². The monoisotopic (exact) mass is 331 g/mol. The fourth-order valence-corrected chi connectivity index (χ4v) is 2.93. The summed E-state index contributed by atoms with van der Waals surface area (Å²) < 4.78 is 8.14.